The zero-order valence-electron chi connectivity index (χ0n) is 11.6. The van der Waals surface area contributed by atoms with Gasteiger partial charge in [-0.2, -0.15) is 0 Å². The molecule has 0 fully saturated rings. The van der Waals surface area contributed by atoms with Crippen molar-refractivity contribution in [1.29, 1.82) is 0 Å². The number of anilines is 1. The first kappa shape index (κ1) is 14.6. The lowest BCUT2D eigenvalue weighted by molar-refractivity contribution is 0.103. The van der Waals surface area contributed by atoms with Crippen LogP contribution in [0.1, 0.15) is 15.2 Å². The van der Waals surface area contributed by atoms with Crippen molar-refractivity contribution in [3.8, 4) is 10.6 Å². The van der Waals surface area contributed by atoms with Crippen molar-refractivity contribution in [3.05, 3.63) is 58.4 Å². The van der Waals surface area contributed by atoms with Crippen molar-refractivity contribution < 1.29 is 4.79 Å². The molecule has 1 amide bonds. The Morgan fingerprint density at radius 2 is 2.09 bits per heavy atom. The summed E-state index contributed by atoms with van der Waals surface area (Å²) in [5.74, 6) is 0.194. The van der Waals surface area contributed by atoms with E-state index in [9.17, 15) is 4.79 Å². The highest BCUT2D eigenvalue weighted by atomic mass is 35.5. The minimum absolute atomic E-state index is 0.176. The predicted molar refractivity (Wildman–Crippen MR) is 87.3 cm³/mol. The fourth-order valence-electron chi connectivity index (χ4n) is 1.84. The number of nitrogens with zero attached hydrogens (tertiary/aromatic N) is 3. The molecule has 5 nitrogen and oxygen atoms in total. The Morgan fingerprint density at radius 1 is 1.27 bits per heavy atom. The second-order valence-corrected chi connectivity index (χ2v) is 5.86. The zero-order chi connectivity index (χ0) is 15.5. The third kappa shape index (κ3) is 2.98. The molecule has 110 valence electrons. The lowest BCUT2D eigenvalue weighted by Gasteiger charge is -2.05. The number of nitrogens with one attached hydrogen (secondary N) is 1. The SMILES string of the molecule is Cc1cccnc1NC(=O)c1sc(-c2cccnc2)nc1Cl. The van der Waals surface area contributed by atoms with Crippen LogP contribution in [0.5, 0.6) is 0 Å². The summed E-state index contributed by atoms with van der Waals surface area (Å²) >= 11 is 7.32. The molecule has 0 radical (unpaired) electrons. The number of pyridine rings is 2. The summed E-state index contributed by atoms with van der Waals surface area (Å²) in [7, 11) is 0. The van der Waals surface area contributed by atoms with Gasteiger partial charge in [-0.3, -0.25) is 9.78 Å². The van der Waals surface area contributed by atoms with Gasteiger partial charge in [0.15, 0.2) is 5.15 Å². The highest BCUT2D eigenvalue weighted by Crippen LogP contribution is 2.31. The first-order valence-electron chi connectivity index (χ1n) is 6.45. The fourth-order valence-corrected chi connectivity index (χ4v) is 3.01. The molecule has 0 aromatic carbocycles. The van der Waals surface area contributed by atoms with E-state index in [0.29, 0.717) is 15.7 Å². The first-order chi connectivity index (χ1) is 10.6. The van der Waals surface area contributed by atoms with E-state index in [4.69, 9.17) is 11.6 Å². The Morgan fingerprint density at radius 3 is 2.82 bits per heavy atom. The number of halogens is 1. The summed E-state index contributed by atoms with van der Waals surface area (Å²) < 4.78 is 0. The number of thiazole rings is 1. The van der Waals surface area contributed by atoms with Gasteiger partial charge in [-0.1, -0.05) is 17.7 Å². The summed E-state index contributed by atoms with van der Waals surface area (Å²) in [5.41, 5.74) is 1.70. The largest absolute Gasteiger partial charge is 0.306 e. The van der Waals surface area contributed by atoms with Gasteiger partial charge < -0.3 is 5.32 Å². The Balaban J connectivity index is 1.88. The van der Waals surface area contributed by atoms with Crippen LogP contribution < -0.4 is 5.32 Å². The van der Waals surface area contributed by atoms with E-state index in [1.165, 1.54) is 11.3 Å². The third-order valence-electron chi connectivity index (χ3n) is 2.94. The van der Waals surface area contributed by atoms with Crippen LogP contribution in [0.15, 0.2) is 42.9 Å². The first-order valence-corrected chi connectivity index (χ1v) is 7.64. The molecule has 3 aromatic rings. The van der Waals surface area contributed by atoms with Crippen molar-refractivity contribution in [2.75, 3.05) is 5.32 Å². The van der Waals surface area contributed by atoms with Crippen molar-refractivity contribution in [2.24, 2.45) is 0 Å². The number of aryl methyl sites for hydroxylation is 1. The van der Waals surface area contributed by atoms with Gasteiger partial charge in [-0.25, -0.2) is 9.97 Å². The van der Waals surface area contributed by atoms with Crippen LogP contribution in [0.3, 0.4) is 0 Å². The van der Waals surface area contributed by atoms with Crippen LogP contribution in [0.4, 0.5) is 5.82 Å². The van der Waals surface area contributed by atoms with Crippen LogP contribution >= 0.6 is 22.9 Å². The fraction of sp³-hybridized carbons (Fsp3) is 0.0667. The number of hydrogen-bond donors (Lipinski definition) is 1. The number of amides is 1. The number of hydrogen-bond acceptors (Lipinski definition) is 5. The molecule has 3 aromatic heterocycles. The Bertz CT molecular complexity index is 819. The smallest absolute Gasteiger partial charge is 0.270 e. The van der Waals surface area contributed by atoms with E-state index >= 15 is 0 Å². The van der Waals surface area contributed by atoms with Gasteiger partial charge in [-0.15, -0.1) is 11.3 Å². The van der Waals surface area contributed by atoms with Gasteiger partial charge >= 0.3 is 0 Å². The lowest BCUT2D eigenvalue weighted by atomic mass is 10.3. The molecular weight excluding hydrogens is 320 g/mol. The van der Waals surface area contributed by atoms with Gasteiger partial charge in [0, 0.05) is 24.2 Å². The Kier molecular flexibility index (Phi) is 4.13. The van der Waals surface area contributed by atoms with Crippen LogP contribution in [0, 0.1) is 6.92 Å². The molecule has 7 heteroatoms. The second kappa shape index (κ2) is 6.21. The number of carbonyl (C=O) groups excluding carboxylic acids is 1. The maximum atomic E-state index is 12.4. The summed E-state index contributed by atoms with van der Waals surface area (Å²) in [4.78, 5) is 25.1. The van der Waals surface area contributed by atoms with Crippen molar-refractivity contribution in [1.82, 2.24) is 15.0 Å². The average molecular weight is 331 g/mol. The molecule has 0 saturated heterocycles. The van der Waals surface area contributed by atoms with Gasteiger partial charge in [-0.05, 0) is 30.7 Å². The molecule has 22 heavy (non-hydrogen) atoms. The molecule has 0 atom stereocenters. The number of aromatic nitrogens is 3. The van der Waals surface area contributed by atoms with Crippen LogP contribution in [0.25, 0.3) is 10.6 Å². The third-order valence-corrected chi connectivity index (χ3v) is 4.43. The molecule has 0 spiro atoms. The molecule has 3 rings (SSSR count). The van der Waals surface area contributed by atoms with E-state index in [-0.39, 0.29) is 11.1 Å². The van der Waals surface area contributed by atoms with E-state index in [0.717, 1.165) is 11.1 Å². The molecule has 3 heterocycles. The second-order valence-electron chi connectivity index (χ2n) is 4.50. The summed E-state index contributed by atoms with van der Waals surface area (Å²) in [5, 5.41) is 3.58. The summed E-state index contributed by atoms with van der Waals surface area (Å²) in [6.45, 7) is 1.87. The molecule has 0 aliphatic carbocycles. The van der Waals surface area contributed by atoms with Crippen molar-refractivity contribution in [2.45, 2.75) is 6.92 Å². The van der Waals surface area contributed by atoms with Gasteiger partial charge in [0.1, 0.15) is 15.7 Å². The normalized spacial score (nSPS) is 10.5. The van der Waals surface area contributed by atoms with E-state index < -0.39 is 0 Å². The average Bonchev–Trinajstić information content (AvgIpc) is 2.92. The Hall–Kier alpha value is -2.31. The lowest BCUT2D eigenvalue weighted by Crippen LogP contribution is -2.12. The molecule has 1 N–H and O–H groups in total. The molecule has 0 bridgehead atoms. The van der Waals surface area contributed by atoms with E-state index in [2.05, 4.69) is 20.3 Å². The standard InChI is InChI=1S/C15H11ClN4OS/c1-9-4-2-7-18-13(9)20-14(21)11-12(16)19-15(22-11)10-5-3-6-17-8-10/h2-8H,1H3,(H,18,20,21). The summed E-state index contributed by atoms with van der Waals surface area (Å²) in [6.07, 6.45) is 4.98. The molecule has 0 unspecified atom stereocenters. The number of rotatable bonds is 3. The van der Waals surface area contributed by atoms with Crippen molar-refractivity contribution >= 4 is 34.7 Å². The van der Waals surface area contributed by atoms with Gasteiger partial charge in [0.05, 0.1) is 0 Å². The zero-order valence-corrected chi connectivity index (χ0v) is 13.1. The van der Waals surface area contributed by atoms with Gasteiger partial charge in [0.25, 0.3) is 5.91 Å². The highest BCUT2D eigenvalue weighted by Gasteiger charge is 2.18. The van der Waals surface area contributed by atoms with Crippen LogP contribution in [-0.4, -0.2) is 20.9 Å². The van der Waals surface area contributed by atoms with Crippen LogP contribution in [-0.2, 0) is 0 Å². The van der Waals surface area contributed by atoms with E-state index in [1.807, 2.05) is 31.2 Å². The monoisotopic (exact) mass is 330 g/mol. The maximum Gasteiger partial charge on any atom is 0.270 e. The molecule has 0 aliphatic heterocycles. The van der Waals surface area contributed by atoms with E-state index in [1.54, 1.807) is 18.6 Å². The van der Waals surface area contributed by atoms with Crippen molar-refractivity contribution in [3.63, 3.8) is 0 Å². The molecule has 0 saturated carbocycles. The minimum atomic E-state index is -0.320. The molecular formula is C15H11ClN4OS. The minimum Gasteiger partial charge on any atom is -0.306 e. The Labute approximate surface area is 136 Å². The molecule has 0 aliphatic rings. The highest BCUT2D eigenvalue weighted by molar-refractivity contribution is 7.17. The predicted octanol–water partition coefficient (Wildman–Crippen LogP) is 3.81. The maximum absolute atomic E-state index is 12.4. The quantitative estimate of drug-likeness (QED) is 0.792. The number of carbonyl (C=O) groups is 1. The summed E-state index contributed by atoms with van der Waals surface area (Å²) in [6, 6.07) is 7.36. The van der Waals surface area contributed by atoms with Crippen LogP contribution in [0.2, 0.25) is 5.15 Å². The van der Waals surface area contributed by atoms with Gasteiger partial charge in [0.2, 0.25) is 0 Å². The topological polar surface area (TPSA) is 67.8 Å².